The van der Waals surface area contributed by atoms with Crippen LogP contribution < -0.4 is 5.32 Å². The van der Waals surface area contributed by atoms with Crippen molar-refractivity contribution in [2.24, 2.45) is 0 Å². The van der Waals surface area contributed by atoms with Gasteiger partial charge in [-0.2, -0.15) is 0 Å². The van der Waals surface area contributed by atoms with Crippen molar-refractivity contribution in [3.63, 3.8) is 0 Å². The lowest BCUT2D eigenvalue weighted by molar-refractivity contribution is -0.117. The van der Waals surface area contributed by atoms with Gasteiger partial charge in [0.2, 0.25) is 5.91 Å². The first-order chi connectivity index (χ1) is 14.6. The molecule has 1 aromatic heterocycles. The minimum atomic E-state index is -0.413. The summed E-state index contributed by atoms with van der Waals surface area (Å²) in [5.74, 6) is -0.417. The van der Waals surface area contributed by atoms with Gasteiger partial charge in [0, 0.05) is 26.7 Å². The topological polar surface area (TPSA) is 49.4 Å². The van der Waals surface area contributed by atoms with Gasteiger partial charge in [-0.25, -0.2) is 0 Å². The Hall–Kier alpha value is -3.15. The molecule has 0 fully saturated rings. The number of nitrogens with one attached hydrogen (secondary N) is 1. The number of thiophene rings is 1. The van der Waals surface area contributed by atoms with Crippen molar-refractivity contribution in [3.8, 4) is 0 Å². The number of amides is 2. The molecule has 0 spiro atoms. The maximum absolute atomic E-state index is 13.8. The van der Waals surface area contributed by atoms with Crippen LogP contribution in [0.15, 0.2) is 78.2 Å². The van der Waals surface area contributed by atoms with Gasteiger partial charge in [0.15, 0.2) is 0 Å². The molecule has 0 radical (unpaired) electrons. The van der Waals surface area contributed by atoms with Crippen LogP contribution >= 0.6 is 22.9 Å². The third-order valence-electron chi connectivity index (χ3n) is 5.30. The molecule has 1 unspecified atom stereocenters. The van der Waals surface area contributed by atoms with Gasteiger partial charge in [-0.05, 0) is 46.5 Å². The molecule has 1 atom stereocenters. The Labute approximate surface area is 182 Å². The highest BCUT2D eigenvalue weighted by Gasteiger charge is 2.35. The summed E-state index contributed by atoms with van der Waals surface area (Å²) in [5.41, 5.74) is 2.06. The summed E-state index contributed by atoms with van der Waals surface area (Å²) in [5, 5.41) is 7.31. The second-order valence-corrected chi connectivity index (χ2v) is 8.57. The molecule has 2 heterocycles. The van der Waals surface area contributed by atoms with Crippen molar-refractivity contribution < 1.29 is 9.59 Å². The zero-order chi connectivity index (χ0) is 20.7. The molecule has 30 heavy (non-hydrogen) atoms. The summed E-state index contributed by atoms with van der Waals surface area (Å²) in [7, 11) is 0. The van der Waals surface area contributed by atoms with E-state index >= 15 is 0 Å². The molecule has 0 saturated heterocycles. The first kappa shape index (κ1) is 18.9. The SMILES string of the molecule is O=C1CN(C(=O)c2cccc3ccccc23)C(c2cccs2)c2cc(Cl)ccc2N1. The Bertz CT molecular complexity index is 1260. The molecule has 0 saturated carbocycles. The van der Waals surface area contributed by atoms with E-state index < -0.39 is 6.04 Å². The van der Waals surface area contributed by atoms with Gasteiger partial charge in [0.05, 0.1) is 6.04 Å². The molecule has 3 aromatic carbocycles. The Kier molecular flexibility index (Phi) is 4.77. The smallest absolute Gasteiger partial charge is 0.255 e. The lowest BCUT2D eigenvalue weighted by Gasteiger charge is -2.30. The summed E-state index contributed by atoms with van der Waals surface area (Å²) < 4.78 is 0. The number of nitrogens with zero attached hydrogens (tertiary/aromatic N) is 1. The Balaban J connectivity index is 1.70. The van der Waals surface area contributed by atoms with Crippen LogP contribution in [0.2, 0.25) is 5.02 Å². The monoisotopic (exact) mass is 432 g/mol. The molecule has 4 nitrogen and oxygen atoms in total. The van der Waals surface area contributed by atoms with E-state index in [1.165, 1.54) is 0 Å². The molecular formula is C24H17ClN2O2S. The second-order valence-electron chi connectivity index (χ2n) is 7.16. The maximum Gasteiger partial charge on any atom is 0.255 e. The van der Waals surface area contributed by atoms with E-state index in [9.17, 15) is 9.59 Å². The van der Waals surface area contributed by atoms with Crippen molar-refractivity contribution in [1.82, 2.24) is 4.90 Å². The van der Waals surface area contributed by atoms with Gasteiger partial charge in [-0.1, -0.05) is 54.1 Å². The molecule has 0 aliphatic carbocycles. The average Bonchev–Trinajstić information content (AvgIpc) is 3.24. The van der Waals surface area contributed by atoms with Crippen LogP contribution in [0.3, 0.4) is 0 Å². The molecule has 5 rings (SSSR count). The van der Waals surface area contributed by atoms with Gasteiger partial charge in [-0.15, -0.1) is 11.3 Å². The number of carbonyl (C=O) groups is 2. The Morgan fingerprint density at radius 3 is 2.70 bits per heavy atom. The van der Waals surface area contributed by atoms with E-state index in [2.05, 4.69) is 5.32 Å². The highest BCUT2D eigenvalue weighted by Crippen LogP contribution is 2.40. The van der Waals surface area contributed by atoms with E-state index in [-0.39, 0.29) is 18.4 Å². The van der Waals surface area contributed by atoms with Crippen LogP contribution in [-0.2, 0) is 4.79 Å². The average molecular weight is 433 g/mol. The van der Waals surface area contributed by atoms with Crippen LogP contribution in [-0.4, -0.2) is 23.3 Å². The number of hydrogen-bond acceptors (Lipinski definition) is 3. The predicted octanol–water partition coefficient (Wildman–Crippen LogP) is 5.74. The van der Waals surface area contributed by atoms with Crippen molar-refractivity contribution in [1.29, 1.82) is 0 Å². The third kappa shape index (κ3) is 3.26. The molecule has 0 bridgehead atoms. The van der Waals surface area contributed by atoms with Gasteiger partial charge in [0.25, 0.3) is 5.91 Å². The molecule has 2 amide bonds. The molecule has 1 N–H and O–H groups in total. The largest absolute Gasteiger partial charge is 0.324 e. The fraction of sp³-hybridized carbons (Fsp3) is 0.0833. The summed E-state index contributed by atoms with van der Waals surface area (Å²) in [4.78, 5) is 29.2. The number of halogens is 1. The molecule has 1 aliphatic heterocycles. The summed E-state index contributed by atoms with van der Waals surface area (Å²) in [6, 6.07) is 22.3. The predicted molar refractivity (Wildman–Crippen MR) is 121 cm³/mol. The number of carbonyl (C=O) groups excluding carboxylic acids is 2. The zero-order valence-corrected chi connectivity index (χ0v) is 17.4. The molecule has 1 aliphatic rings. The fourth-order valence-corrected chi connectivity index (χ4v) is 5.02. The van der Waals surface area contributed by atoms with Crippen molar-refractivity contribution in [3.05, 3.63) is 99.2 Å². The van der Waals surface area contributed by atoms with Crippen LogP contribution in [0.1, 0.15) is 26.8 Å². The lowest BCUT2D eigenvalue weighted by Crippen LogP contribution is -2.38. The van der Waals surface area contributed by atoms with E-state index in [4.69, 9.17) is 11.6 Å². The Morgan fingerprint density at radius 1 is 1.03 bits per heavy atom. The third-order valence-corrected chi connectivity index (χ3v) is 6.46. The highest BCUT2D eigenvalue weighted by molar-refractivity contribution is 7.10. The molecule has 6 heteroatoms. The summed E-state index contributed by atoms with van der Waals surface area (Å²) in [6.07, 6.45) is 0. The normalized spacial score (nSPS) is 16.1. The maximum atomic E-state index is 13.8. The van der Waals surface area contributed by atoms with E-state index in [1.807, 2.05) is 66.0 Å². The van der Waals surface area contributed by atoms with E-state index in [0.717, 1.165) is 21.2 Å². The summed E-state index contributed by atoms with van der Waals surface area (Å²) >= 11 is 7.86. The van der Waals surface area contributed by atoms with Crippen molar-refractivity contribution in [2.45, 2.75) is 6.04 Å². The number of benzene rings is 3. The molecule has 148 valence electrons. The van der Waals surface area contributed by atoms with E-state index in [1.54, 1.807) is 28.4 Å². The van der Waals surface area contributed by atoms with Crippen molar-refractivity contribution in [2.75, 3.05) is 11.9 Å². The zero-order valence-electron chi connectivity index (χ0n) is 15.8. The molecule has 4 aromatic rings. The summed E-state index contributed by atoms with van der Waals surface area (Å²) in [6.45, 7) is -0.0447. The van der Waals surface area contributed by atoms with E-state index in [0.29, 0.717) is 16.3 Å². The first-order valence-electron chi connectivity index (χ1n) is 9.53. The quantitative estimate of drug-likeness (QED) is 0.439. The van der Waals surface area contributed by atoms with Gasteiger partial charge in [-0.3, -0.25) is 9.59 Å². The van der Waals surface area contributed by atoms with Crippen LogP contribution in [0.5, 0.6) is 0 Å². The fourth-order valence-electron chi connectivity index (χ4n) is 3.99. The van der Waals surface area contributed by atoms with Gasteiger partial charge >= 0.3 is 0 Å². The van der Waals surface area contributed by atoms with Gasteiger partial charge < -0.3 is 10.2 Å². The minimum absolute atomic E-state index is 0.0447. The number of hydrogen-bond donors (Lipinski definition) is 1. The second kappa shape index (κ2) is 7.59. The molecular weight excluding hydrogens is 416 g/mol. The van der Waals surface area contributed by atoms with Crippen molar-refractivity contribution >= 4 is 51.2 Å². The lowest BCUT2D eigenvalue weighted by atomic mass is 9.99. The Morgan fingerprint density at radius 2 is 1.87 bits per heavy atom. The highest BCUT2D eigenvalue weighted by atomic mass is 35.5. The number of rotatable bonds is 2. The first-order valence-corrected chi connectivity index (χ1v) is 10.8. The van der Waals surface area contributed by atoms with Crippen LogP contribution in [0.4, 0.5) is 5.69 Å². The van der Waals surface area contributed by atoms with Crippen LogP contribution in [0.25, 0.3) is 10.8 Å². The standard InChI is InChI=1S/C24H17ClN2O2S/c25-16-10-11-20-19(13-16)23(21-9-4-12-30-21)27(14-22(28)26-20)24(29)18-8-3-6-15-5-1-2-7-17(15)18/h1-13,23H,14H2,(H,26,28). The number of fused-ring (bicyclic) bond motifs is 2. The minimum Gasteiger partial charge on any atom is -0.324 e. The number of anilines is 1. The van der Waals surface area contributed by atoms with Gasteiger partial charge in [0.1, 0.15) is 6.54 Å². The van der Waals surface area contributed by atoms with Crippen LogP contribution in [0, 0.1) is 0 Å².